The van der Waals surface area contributed by atoms with Crippen molar-refractivity contribution in [2.75, 3.05) is 13.2 Å². The Hall–Kier alpha value is -0.810. The number of unbranched alkanes of at least 4 members (excludes halogenated alkanes) is 16. The van der Waals surface area contributed by atoms with Gasteiger partial charge >= 0.3 is 0 Å². The topological polar surface area (TPSA) is 149 Å². The summed E-state index contributed by atoms with van der Waals surface area (Å²) in [5.41, 5.74) is 0. The van der Waals surface area contributed by atoms with Gasteiger partial charge in [-0.15, -0.1) is 0 Å². The zero-order valence-electron chi connectivity index (χ0n) is 26.1. The highest BCUT2D eigenvalue weighted by Crippen LogP contribution is 2.23. The molecular formula is C32H63NO8. The third-order valence-electron chi connectivity index (χ3n) is 8.21. The molecule has 1 rings (SSSR count). The predicted octanol–water partition coefficient (Wildman–Crippen LogP) is 4.49. The molecule has 0 bridgehead atoms. The van der Waals surface area contributed by atoms with Crippen molar-refractivity contribution in [3.63, 3.8) is 0 Å². The van der Waals surface area contributed by atoms with Crippen molar-refractivity contribution in [1.82, 2.24) is 5.32 Å². The molecule has 2 unspecified atom stereocenters. The van der Waals surface area contributed by atoms with E-state index >= 15 is 0 Å². The van der Waals surface area contributed by atoms with Crippen LogP contribution in [-0.2, 0) is 14.3 Å². The highest BCUT2D eigenvalue weighted by atomic mass is 16.7. The summed E-state index contributed by atoms with van der Waals surface area (Å²) in [6.45, 7) is 3.74. The van der Waals surface area contributed by atoms with Crippen molar-refractivity contribution < 1.29 is 39.8 Å². The Kier molecular flexibility index (Phi) is 22.9. The standard InChI is InChI=1S/C32H63NO8/c1-3-5-7-9-11-12-13-14-16-17-19-21-26(35)25(33-28(36)22-20-18-15-10-8-6-4-2)24-40-32-31(39)30(38)29(37)27(23-34)41-32/h25-27,29-32,34-35,37-39H,3-24H2,1-2H3,(H,33,36)/t25-,26+,27+,29-,30?,31?,32+/m0/s1. The van der Waals surface area contributed by atoms with Crippen molar-refractivity contribution in [2.24, 2.45) is 0 Å². The summed E-state index contributed by atoms with van der Waals surface area (Å²) in [6, 6.07) is -0.706. The van der Waals surface area contributed by atoms with Gasteiger partial charge in [-0.2, -0.15) is 0 Å². The first-order valence-electron chi connectivity index (χ1n) is 16.7. The van der Waals surface area contributed by atoms with E-state index in [4.69, 9.17) is 9.47 Å². The van der Waals surface area contributed by atoms with Crippen LogP contribution in [0.1, 0.15) is 142 Å². The zero-order chi connectivity index (χ0) is 30.3. The van der Waals surface area contributed by atoms with Crippen molar-refractivity contribution >= 4 is 5.91 Å². The molecule has 0 aliphatic carbocycles. The third-order valence-corrected chi connectivity index (χ3v) is 8.21. The minimum absolute atomic E-state index is 0.134. The van der Waals surface area contributed by atoms with E-state index in [2.05, 4.69) is 19.2 Å². The van der Waals surface area contributed by atoms with Crippen LogP contribution in [0.15, 0.2) is 0 Å². The molecule has 9 heteroatoms. The van der Waals surface area contributed by atoms with Gasteiger partial charge in [0.25, 0.3) is 0 Å². The Bertz CT molecular complexity index is 623. The van der Waals surface area contributed by atoms with E-state index in [-0.39, 0.29) is 12.5 Å². The summed E-state index contributed by atoms with van der Waals surface area (Å²) < 4.78 is 11.1. The number of rotatable bonds is 26. The summed E-state index contributed by atoms with van der Waals surface area (Å²) in [5.74, 6) is -0.154. The molecule has 0 spiro atoms. The molecule has 0 saturated carbocycles. The number of aliphatic hydroxyl groups excluding tert-OH is 5. The SMILES string of the molecule is CCCCCCCCCCCCC[C@@H](O)[C@H](CO[C@@H]1O[C@H](CO)[C@H](O)C(O)C1O)NC(=O)CCCCCCCCC. The second-order valence-electron chi connectivity index (χ2n) is 12.0. The van der Waals surface area contributed by atoms with Gasteiger partial charge in [0.2, 0.25) is 5.91 Å². The van der Waals surface area contributed by atoms with Gasteiger partial charge < -0.3 is 40.3 Å². The van der Waals surface area contributed by atoms with Crippen LogP contribution in [0, 0.1) is 0 Å². The molecule has 6 N–H and O–H groups in total. The summed E-state index contributed by atoms with van der Waals surface area (Å²) in [7, 11) is 0. The summed E-state index contributed by atoms with van der Waals surface area (Å²) in [5, 5.41) is 53.7. The molecule has 9 nitrogen and oxygen atoms in total. The van der Waals surface area contributed by atoms with Gasteiger partial charge in [-0.1, -0.05) is 123 Å². The highest BCUT2D eigenvalue weighted by molar-refractivity contribution is 5.76. The molecule has 1 saturated heterocycles. The number of hydrogen-bond donors (Lipinski definition) is 6. The molecule has 1 aliphatic rings. The van der Waals surface area contributed by atoms with E-state index in [9.17, 15) is 30.3 Å². The summed E-state index contributed by atoms with van der Waals surface area (Å²) in [6.07, 6.45) is 14.2. The van der Waals surface area contributed by atoms with Gasteiger partial charge in [-0.05, 0) is 12.8 Å². The lowest BCUT2D eigenvalue weighted by Crippen LogP contribution is -2.60. The fourth-order valence-corrected chi connectivity index (χ4v) is 5.39. The van der Waals surface area contributed by atoms with Crippen LogP contribution in [-0.4, -0.2) is 87.5 Å². The monoisotopic (exact) mass is 589 g/mol. The van der Waals surface area contributed by atoms with Crippen LogP contribution in [0.25, 0.3) is 0 Å². The number of carbonyl (C=O) groups excluding carboxylic acids is 1. The van der Waals surface area contributed by atoms with E-state index < -0.39 is 49.5 Å². The van der Waals surface area contributed by atoms with E-state index in [1.807, 2.05) is 0 Å². The Morgan fingerprint density at radius 2 is 1.22 bits per heavy atom. The molecule has 1 fully saturated rings. The van der Waals surface area contributed by atoms with Gasteiger partial charge in [0.15, 0.2) is 6.29 Å². The Labute approximate surface area is 249 Å². The lowest BCUT2D eigenvalue weighted by atomic mass is 9.99. The first kappa shape index (κ1) is 38.2. The molecule has 0 radical (unpaired) electrons. The number of hydrogen-bond acceptors (Lipinski definition) is 8. The lowest BCUT2D eigenvalue weighted by molar-refractivity contribution is -0.302. The minimum Gasteiger partial charge on any atom is -0.394 e. The predicted molar refractivity (Wildman–Crippen MR) is 161 cm³/mol. The highest BCUT2D eigenvalue weighted by Gasteiger charge is 2.44. The average Bonchev–Trinajstić information content (AvgIpc) is 2.97. The Morgan fingerprint density at radius 3 is 1.73 bits per heavy atom. The molecule has 1 heterocycles. The zero-order valence-corrected chi connectivity index (χ0v) is 26.1. The number of nitrogens with one attached hydrogen (secondary N) is 1. The van der Waals surface area contributed by atoms with Crippen LogP contribution in [0.3, 0.4) is 0 Å². The minimum atomic E-state index is -1.54. The van der Waals surface area contributed by atoms with Crippen LogP contribution in [0.2, 0.25) is 0 Å². The Balaban J connectivity index is 2.49. The quantitative estimate of drug-likeness (QED) is 0.0809. The fourth-order valence-electron chi connectivity index (χ4n) is 5.39. The smallest absolute Gasteiger partial charge is 0.220 e. The number of amides is 1. The molecule has 7 atom stereocenters. The van der Waals surface area contributed by atoms with E-state index in [1.165, 1.54) is 77.0 Å². The van der Waals surface area contributed by atoms with E-state index in [0.717, 1.165) is 38.5 Å². The molecule has 244 valence electrons. The normalized spacial score (nSPS) is 24.3. The maximum Gasteiger partial charge on any atom is 0.220 e. The molecular weight excluding hydrogens is 526 g/mol. The summed E-state index contributed by atoms with van der Waals surface area (Å²) in [4.78, 5) is 12.7. The first-order valence-corrected chi connectivity index (χ1v) is 16.7. The molecule has 0 aromatic heterocycles. The number of aliphatic hydroxyl groups is 5. The van der Waals surface area contributed by atoms with Crippen LogP contribution < -0.4 is 5.32 Å². The van der Waals surface area contributed by atoms with E-state index in [0.29, 0.717) is 12.8 Å². The average molecular weight is 590 g/mol. The van der Waals surface area contributed by atoms with Gasteiger partial charge in [-0.3, -0.25) is 4.79 Å². The van der Waals surface area contributed by atoms with Crippen LogP contribution in [0.5, 0.6) is 0 Å². The second-order valence-corrected chi connectivity index (χ2v) is 12.0. The molecule has 41 heavy (non-hydrogen) atoms. The first-order chi connectivity index (χ1) is 19.8. The van der Waals surface area contributed by atoms with Crippen molar-refractivity contribution in [3.05, 3.63) is 0 Å². The number of carbonyl (C=O) groups is 1. The maximum atomic E-state index is 12.7. The van der Waals surface area contributed by atoms with Crippen molar-refractivity contribution in [2.45, 2.75) is 185 Å². The van der Waals surface area contributed by atoms with Gasteiger partial charge in [0, 0.05) is 6.42 Å². The van der Waals surface area contributed by atoms with Crippen molar-refractivity contribution in [3.8, 4) is 0 Å². The number of ether oxygens (including phenoxy) is 2. The van der Waals surface area contributed by atoms with Crippen LogP contribution in [0.4, 0.5) is 0 Å². The maximum absolute atomic E-state index is 12.7. The molecule has 0 aromatic carbocycles. The fraction of sp³-hybridized carbons (Fsp3) is 0.969. The molecule has 1 amide bonds. The Morgan fingerprint density at radius 1 is 0.732 bits per heavy atom. The van der Waals surface area contributed by atoms with Gasteiger partial charge in [0.05, 0.1) is 25.4 Å². The van der Waals surface area contributed by atoms with Gasteiger partial charge in [0.1, 0.15) is 24.4 Å². The largest absolute Gasteiger partial charge is 0.394 e. The summed E-state index contributed by atoms with van der Waals surface area (Å²) >= 11 is 0. The molecule has 0 aromatic rings. The van der Waals surface area contributed by atoms with Crippen LogP contribution >= 0.6 is 0 Å². The molecule has 1 aliphatic heterocycles. The second kappa shape index (κ2) is 24.6. The lowest BCUT2D eigenvalue weighted by Gasteiger charge is -2.40. The van der Waals surface area contributed by atoms with Crippen molar-refractivity contribution in [1.29, 1.82) is 0 Å². The third kappa shape index (κ3) is 17.2. The van der Waals surface area contributed by atoms with Gasteiger partial charge in [-0.25, -0.2) is 0 Å². The van der Waals surface area contributed by atoms with E-state index in [1.54, 1.807) is 0 Å².